The van der Waals surface area contributed by atoms with Crippen molar-refractivity contribution in [3.63, 3.8) is 0 Å². The molecule has 0 bridgehead atoms. The third kappa shape index (κ3) is 2.74. The Bertz CT molecular complexity index is 422. The van der Waals surface area contributed by atoms with E-state index in [-0.39, 0.29) is 6.17 Å². The zero-order valence-corrected chi connectivity index (χ0v) is 10.7. The normalized spacial score (nSPS) is 23.4. The molecule has 1 aromatic carbocycles. The Morgan fingerprint density at radius 1 is 1.17 bits per heavy atom. The van der Waals surface area contributed by atoms with Crippen molar-refractivity contribution in [3.8, 4) is 0 Å². The highest BCUT2D eigenvalue weighted by Crippen LogP contribution is 2.21. The van der Waals surface area contributed by atoms with E-state index < -0.39 is 0 Å². The zero-order valence-electron chi connectivity index (χ0n) is 10.7. The molecule has 3 heteroatoms. The molecule has 0 aliphatic carbocycles. The van der Waals surface area contributed by atoms with Crippen molar-refractivity contribution in [1.29, 1.82) is 0 Å². The molecule has 2 heterocycles. The summed E-state index contributed by atoms with van der Waals surface area (Å²) in [7, 11) is 0. The molecule has 1 unspecified atom stereocenters. The molecule has 1 saturated heterocycles. The summed E-state index contributed by atoms with van der Waals surface area (Å²) in [6.45, 7) is 3.44. The summed E-state index contributed by atoms with van der Waals surface area (Å²) in [4.78, 5) is 0. The van der Waals surface area contributed by atoms with E-state index in [2.05, 4.69) is 52.4 Å². The van der Waals surface area contributed by atoms with Crippen molar-refractivity contribution < 1.29 is 0 Å². The van der Waals surface area contributed by atoms with Crippen molar-refractivity contribution >= 4 is 11.8 Å². The van der Waals surface area contributed by atoms with Crippen LogP contribution in [0.25, 0.3) is 6.08 Å². The maximum atomic E-state index is 3.61. The summed E-state index contributed by atoms with van der Waals surface area (Å²) in [6.07, 6.45) is 7.27. The van der Waals surface area contributed by atoms with Gasteiger partial charge in [-0.3, -0.25) is 5.32 Å². The fraction of sp³-hybridized carbons (Fsp3) is 0.467. The van der Waals surface area contributed by atoms with Gasteiger partial charge >= 0.3 is 0 Å². The minimum absolute atomic E-state index is 0.273. The zero-order chi connectivity index (χ0) is 12.2. The lowest BCUT2D eigenvalue weighted by Gasteiger charge is -2.27. The molecule has 3 rings (SSSR count). The van der Waals surface area contributed by atoms with Crippen molar-refractivity contribution in [2.75, 3.05) is 25.0 Å². The van der Waals surface area contributed by atoms with Crippen LogP contribution in [0.15, 0.2) is 30.3 Å². The standard InChI is InChI=1S/C15H21N3/c1-2-4-14-13(3-1)5-6-15(18-14)17-11-12-7-9-16-10-8-12/h1-6,12,15-18H,7-11H2. The molecule has 3 N–H and O–H groups in total. The summed E-state index contributed by atoms with van der Waals surface area (Å²) < 4.78 is 0. The van der Waals surface area contributed by atoms with Crippen LogP contribution < -0.4 is 16.0 Å². The van der Waals surface area contributed by atoms with Crippen molar-refractivity contribution in [2.24, 2.45) is 5.92 Å². The maximum absolute atomic E-state index is 3.61. The van der Waals surface area contributed by atoms with Crippen LogP contribution in [0.2, 0.25) is 0 Å². The van der Waals surface area contributed by atoms with Gasteiger partial charge in [-0.05, 0) is 49.6 Å². The van der Waals surface area contributed by atoms with Gasteiger partial charge in [0, 0.05) is 12.2 Å². The first kappa shape index (κ1) is 11.8. The summed E-state index contributed by atoms with van der Waals surface area (Å²) in [5.41, 5.74) is 2.50. The first-order chi connectivity index (χ1) is 8.92. The number of piperidine rings is 1. The van der Waals surface area contributed by atoms with Gasteiger partial charge in [-0.25, -0.2) is 0 Å². The second-order valence-electron chi connectivity index (χ2n) is 5.17. The highest BCUT2D eigenvalue weighted by Gasteiger charge is 2.16. The van der Waals surface area contributed by atoms with Crippen LogP contribution in [0.5, 0.6) is 0 Å². The van der Waals surface area contributed by atoms with E-state index >= 15 is 0 Å². The van der Waals surface area contributed by atoms with Gasteiger partial charge in [-0.2, -0.15) is 0 Å². The second-order valence-corrected chi connectivity index (χ2v) is 5.17. The molecule has 0 amide bonds. The van der Waals surface area contributed by atoms with Gasteiger partial charge in [0.05, 0.1) is 6.17 Å². The van der Waals surface area contributed by atoms with Crippen LogP contribution in [0.4, 0.5) is 5.69 Å². The smallest absolute Gasteiger partial charge is 0.0964 e. The van der Waals surface area contributed by atoms with Crippen LogP contribution in [0.3, 0.4) is 0 Å². The van der Waals surface area contributed by atoms with E-state index in [1.165, 1.54) is 37.2 Å². The Labute approximate surface area is 109 Å². The van der Waals surface area contributed by atoms with Gasteiger partial charge in [0.2, 0.25) is 0 Å². The molecule has 18 heavy (non-hydrogen) atoms. The number of benzene rings is 1. The molecule has 0 radical (unpaired) electrons. The van der Waals surface area contributed by atoms with Gasteiger partial charge in [0.15, 0.2) is 0 Å². The molecule has 0 spiro atoms. The monoisotopic (exact) mass is 243 g/mol. The van der Waals surface area contributed by atoms with Gasteiger partial charge in [0.1, 0.15) is 0 Å². The van der Waals surface area contributed by atoms with Gasteiger partial charge < -0.3 is 10.6 Å². The van der Waals surface area contributed by atoms with Crippen LogP contribution in [0, 0.1) is 5.92 Å². The Morgan fingerprint density at radius 2 is 2.00 bits per heavy atom. The lowest BCUT2D eigenvalue weighted by Crippen LogP contribution is -2.41. The fourth-order valence-corrected chi connectivity index (χ4v) is 2.69. The minimum Gasteiger partial charge on any atom is -0.366 e. The highest BCUT2D eigenvalue weighted by molar-refractivity contribution is 5.70. The summed E-state index contributed by atoms with van der Waals surface area (Å²) in [5, 5.41) is 10.5. The third-order valence-corrected chi connectivity index (χ3v) is 3.83. The van der Waals surface area contributed by atoms with E-state index in [0.717, 1.165) is 12.5 Å². The SMILES string of the molecule is C1=CC(NCC2CCNCC2)Nc2ccccc21. The average Bonchev–Trinajstić information content (AvgIpc) is 2.46. The Morgan fingerprint density at radius 3 is 2.89 bits per heavy atom. The Balaban J connectivity index is 1.53. The van der Waals surface area contributed by atoms with E-state index in [9.17, 15) is 0 Å². The first-order valence-corrected chi connectivity index (χ1v) is 6.90. The molecule has 1 aromatic rings. The molecular formula is C15H21N3. The highest BCUT2D eigenvalue weighted by atomic mass is 15.1. The summed E-state index contributed by atoms with van der Waals surface area (Å²) in [5.74, 6) is 0.818. The number of para-hydroxylation sites is 1. The molecule has 3 nitrogen and oxygen atoms in total. The quantitative estimate of drug-likeness (QED) is 0.760. The van der Waals surface area contributed by atoms with E-state index in [1.807, 2.05) is 0 Å². The lowest BCUT2D eigenvalue weighted by atomic mass is 9.98. The number of hydrogen-bond donors (Lipinski definition) is 3. The van der Waals surface area contributed by atoms with Gasteiger partial charge in [0.25, 0.3) is 0 Å². The largest absolute Gasteiger partial charge is 0.366 e. The van der Waals surface area contributed by atoms with Crippen LogP contribution in [-0.4, -0.2) is 25.8 Å². The van der Waals surface area contributed by atoms with Gasteiger partial charge in [-0.15, -0.1) is 0 Å². The molecule has 96 valence electrons. The maximum Gasteiger partial charge on any atom is 0.0964 e. The predicted molar refractivity (Wildman–Crippen MR) is 76.5 cm³/mol. The molecule has 2 aliphatic heterocycles. The molecule has 0 saturated carbocycles. The molecule has 0 aromatic heterocycles. The van der Waals surface area contributed by atoms with E-state index in [4.69, 9.17) is 0 Å². The number of nitrogens with one attached hydrogen (secondary N) is 3. The molecule has 2 aliphatic rings. The fourth-order valence-electron chi connectivity index (χ4n) is 2.69. The van der Waals surface area contributed by atoms with Crippen LogP contribution >= 0.6 is 0 Å². The van der Waals surface area contributed by atoms with Crippen LogP contribution in [0.1, 0.15) is 18.4 Å². The van der Waals surface area contributed by atoms with Crippen molar-refractivity contribution in [1.82, 2.24) is 10.6 Å². The molecule has 1 fully saturated rings. The number of hydrogen-bond acceptors (Lipinski definition) is 3. The Kier molecular flexibility index (Phi) is 3.62. The topological polar surface area (TPSA) is 36.1 Å². The second kappa shape index (κ2) is 5.55. The summed E-state index contributed by atoms with van der Waals surface area (Å²) >= 11 is 0. The molecular weight excluding hydrogens is 222 g/mol. The number of rotatable bonds is 3. The van der Waals surface area contributed by atoms with E-state index in [0.29, 0.717) is 0 Å². The van der Waals surface area contributed by atoms with Gasteiger partial charge in [-0.1, -0.05) is 24.3 Å². The van der Waals surface area contributed by atoms with Crippen LogP contribution in [-0.2, 0) is 0 Å². The van der Waals surface area contributed by atoms with Crippen molar-refractivity contribution in [3.05, 3.63) is 35.9 Å². The lowest BCUT2D eigenvalue weighted by molar-refractivity contribution is 0.353. The molecule has 1 atom stereocenters. The number of fused-ring (bicyclic) bond motifs is 1. The third-order valence-electron chi connectivity index (χ3n) is 3.83. The number of anilines is 1. The van der Waals surface area contributed by atoms with Crippen molar-refractivity contribution in [2.45, 2.75) is 19.0 Å². The Hall–Kier alpha value is -1.32. The predicted octanol–water partition coefficient (Wildman–Crippen LogP) is 2.04. The average molecular weight is 243 g/mol. The first-order valence-electron chi connectivity index (χ1n) is 6.90. The summed E-state index contributed by atoms with van der Waals surface area (Å²) in [6, 6.07) is 8.43. The minimum atomic E-state index is 0.273. The van der Waals surface area contributed by atoms with E-state index in [1.54, 1.807) is 0 Å².